The Hall–Kier alpha value is -2.71. The molecule has 2 aromatic rings. The third-order valence-electron chi connectivity index (χ3n) is 2.50. The second kappa shape index (κ2) is 4.88. The Labute approximate surface area is 107 Å². The van der Waals surface area contributed by atoms with Gasteiger partial charge in [-0.2, -0.15) is 5.10 Å². The van der Waals surface area contributed by atoms with Gasteiger partial charge in [0.1, 0.15) is 5.56 Å². The molecule has 0 aliphatic rings. The Morgan fingerprint density at radius 3 is 2.53 bits per heavy atom. The molecule has 9 heteroatoms. The summed E-state index contributed by atoms with van der Waals surface area (Å²) < 4.78 is 4.63. The molecule has 9 nitrogen and oxygen atoms in total. The first kappa shape index (κ1) is 12.7. The average molecular weight is 264 g/mol. The van der Waals surface area contributed by atoms with Gasteiger partial charge in [0.25, 0.3) is 5.56 Å². The number of ether oxygens (including phenoxy) is 1. The van der Waals surface area contributed by atoms with E-state index in [4.69, 9.17) is 0 Å². The Bertz CT molecular complexity index is 692. The molecular formula is C10H12N6O3. The fourth-order valence-corrected chi connectivity index (χ4v) is 1.49. The Kier molecular flexibility index (Phi) is 3.27. The summed E-state index contributed by atoms with van der Waals surface area (Å²) >= 11 is 0. The normalized spacial score (nSPS) is 11.1. The van der Waals surface area contributed by atoms with Crippen LogP contribution in [0.2, 0.25) is 0 Å². The van der Waals surface area contributed by atoms with Crippen LogP contribution < -0.4 is 5.56 Å². The molecule has 0 aromatic carbocycles. The Morgan fingerprint density at radius 1 is 1.21 bits per heavy atom. The van der Waals surface area contributed by atoms with Crippen molar-refractivity contribution in [1.29, 1.82) is 0 Å². The number of nitrogens with one attached hydrogen (secondary N) is 3. The highest BCUT2D eigenvalue weighted by atomic mass is 16.5. The summed E-state index contributed by atoms with van der Waals surface area (Å²) in [4.78, 5) is 22.9. The van der Waals surface area contributed by atoms with Crippen LogP contribution >= 0.6 is 0 Å². The molecule has 0 radical (unpaired) electrons. The molecule has 2 heterocycles. The van der Waals surface area contributed by atoms with Crippen LogP contribution in [0, 0.1) is 13.8 Å². The van der Waals surface area contributed by atoms with Gasteiger partial charge in [-0.25, -0.2) is 4.79 Å². The van der Waals surface area contributed by atoms with Gasteiger partial charge in [0.2, 0.25) is 5.82 Å². The fraction of sp³-hybridized carbons (Fsp3) is 0.300. The van der Waals surface area contributed by atoms with Crippen LogP contribution in [0.5, 0.6) is 0 Å². The van der Waals surface area contributed by atoms with E-state index >= 15 is 0 Å². The van der Waals surface area contributed by atoms with Crippen LogP contribution in [-0.4, -0.2) is 33.5 Å². The summed E-state index contributed by atoms with van der Waals surface area (Å²) in [6, 6.07) is 0. The van der Waals surface area contributed by atoms with E-state index < -0.39 is 11.5 Å². The molecule has 2 aromatic heterocycles. The number of azo groups is 1. The van der Waals surface area contributed by atoms with E-state index in [-0.39, 0.29) is 17.1 Å². The lowest BCUT2D eigenvalue weighted by Gasteiger charge is -1.96. The van der Waals surface area contributed by atoms with Gasteiger partial charge < -0.3 is 9.84 Å². The van der Waals surface area contributed by atoms with Crippen molar-refractivity contribution >= 4 is 17.5 Å². The SMILES string of the molecule is COC(=O)c1c(N=Nc2c(C)[nH][nH]c2=O)n[nH]c1C. The maximum Gasteiger partial charge on any atom is 0.343 e. The van der Waals surface area contributed by atoms with Crippen LogP contribution in [0.3, 0.4) is 0 Å². The standard InChI is InChI=1S/C10H12N6O3/c1-4-6(10(18)19-3)8(14-11-4)15-13-7-5(2)12-16-9(7)17/h1-3H3,(H,11,14)(H2,12,16,17). The van der Waals surface area contributed by atoms with Crippen molar-refractivity contribution in [2.45, 2.75) is 13.8 Å². The number of carbonyl (C=O) groups is 1. The highest BCUT2D eigenvalue weighted by Gasteiger charge is 2.18. The maximum absolute atomic E-state index is 11.6. The molecule has 100 valence electrons. The smallest absolute Gasteiger partial charge is 0.343 e. The zero-order valence-corrected chi connectivity index (χ0v) is 10.6. The van der Waals surface area contributed by atoms with Crippen LogP contribution in [0.1, 0.15) is 21.7 Å². The number of methoxy groups -OCH3 is 1. The largest absolute Gasteiger partial charge is 0.465 e. The predicted molar refractivity (Wildman–Crippen MR) is 65.0 cm³/mol. The van der Waals surface area contributed by atoms with E-state index in [1.54, 1.807) is 13.8 Å². The molecule has 0 aliphatic heterocycles. The first-order valence-corrected chi connectivity index (χ1v) is 5.37. The second-order valence-corrected chi connectivity index (χ2v) is 3.79. The number of hydrogen-bond acceptors (Lipinski definition) is 6. The molecule has 3 N–H and O–H groups in total. The predicted octanol–water partition coefficient (Wildman–Crippen LogP) is 1.24. The van der Waals surface area contributed by atoms with Crippen LogP contribution in [0.25, 0.3) is 0 Å². The zero-order chi connectivity index (χ0) is 14.0. The molecule has 19 heavy (non-hydrogen) atoms. The van der Waals surface area contributed by atoms with Crippen molar-refractivity contribution < 1.29 is 9.53 Å². The lowest BCUT2D eigenvalue weighted by Crippen LogP contribution is -2.02. The lowest BCUT2D eigenvalue weighted by molar-refractivity contribution is 0.0601. The van der Waals surface area contributed by atoms with Gasteiger partial charge in [-0.15, -0.1) is 10.2 Å². The van der Waals surface area contributed by atoms with Crippen molar-refractivity contribution in [2.24, 2.45) is 10.2 Å². The average Bonchev–Trinajstić information content (AvgIpc) is 2.91. The first-order valence-electron chi connectivity index (χ1n) is 5.37. The molecule has 2 rings (SSSR count). The van der Waals surface area contributed by atoms with Crippen molar-refractivity contribution in [3.8, 4) is 0 Å². The topological polar surface area (TPSA) is 128 Å². The number of hydrogen-bond donors (Lipinski definition) is 3. The number of aryl methyl sites for hydroxylation is 2. The van der Waals surface area contributed by atoms with Crippen LogP contribution in [-0.2, 0) is 4.74 Å². The summed E-state index contributed by atoms with van der Waals surface area (Å²) in [5.41, 5.74) is 0.988. The van der Waals surface area contributed by atoms with Crippen molar-refractivity contribution in [3.05, 3.63) is 27.3 Å². The number of nitrogens with zero attached hydrogens (tertiary/aromatic N) is 3. The Balaban J connectivity index is 2.40. The van der Waals surface area contributed by atoms with Gasteiger partial charge in [-0.3, -0.25) is 15.0 Å². The highest BCUT2D eigenvalue weighted by Crippen LogP contribution is 2.22. The lowest BCUT2D eigenvalue weighted by atomic mass is 10.2. The molecule has 0 spiro atoms. The minimum atomic E-state index is -0.570. The fourth-order valence-electron chi connectivity index (χ4n) is 1.49. The minimum absolute atomic E-state index is 0.0735. The molecule has 0 atom stereocenters. The number of esters is 1. The molecule has 0 amide bonds. The van der Waals surface area contributed by atoms with E-state index in [1.165, 1.54) is 7.11 Å². The number of H-pyrrole nitrogens is 3. The molecule has 0 saturated carbocycles. The quantitative estimate of drug-likeness (QED) is 0.569. The third kappa shape index (κ3) is 2.30. The highest BCUT2D eigenvalue weighted by molar-refractivity contribution is 5.95. The molecular weight excluding hydrogens is 252 g/mol. The number of rotatable bonds is 3. The second-order valence-electron chi connectivity index (χ2n) is 3.79. The first-order chi connectivity index (χ1) is 9.04. The van der Waals surface area contributed by atoms with E-state index in [0.717, 1.165) is 0 Å². The maximum atomic E-state index is 11.6. The monoisotopic (exact) mass is 264 g/mol. The molecule has 0 bridgehead atoms. The molecule has 0 aliphatic carbocycles. The van der Waals surface area contributed by atoms with Crippen LogP contribution in [0.15, 0.2) is 15.0 Å². The van der Waals surface area contributed by atoms with Gasteiger partial charge in [-0.1, -0.05) is 0 Å². The van der Waals surface area contributed by atoms with Gasteiger partial charge in [0, 0.05) is 5.69 Å². The van der Waals surface area contributed by atoms with Crippen molar-refractivity contribution in [3.63, 3.8) is 0 Å². The van der Waals surface area contributed by atoms with E-state index in [9.17, 15) is 9.59 Å². The van der Waals surface area contributed by atoms with Gasteiger partial charge in [-0.05, 0) is 13.8 Å². The zero-order valence-electron chi connectivity index (χ0n) is 10.6. The van der Waals surface area contributed by atoms with E-state index in [0.29, 0.717) is 11.4 Å². The van der Waals surface area contributed by atoms with E-state index in [2.05, 4.69) is 35.4 Å². The van der Waals surface area contributed by atoms with E-state index in [1.807, 2.05) is 0 Å². The molecule has 0 saturated heterocycles. The number of aromatic amines is 3. The Morgan fingerprint density at radius 2 is 1.95 bits per heavy atom. The number of aromatic nitrogens is 4. The van der Waals surface area contributed by atoms with Gasteiger partial charge >= 0.3 is 5.97 Å². The minimum Gasteiger partial charge on any atom is -0.465 e. The molecule has 0 fully saturated rings. The summed E-state index contributed by atoms with van der Waals surface area (Å²) in [5, 5.41) is 19.0. The summed E-state index contributed by atoms with van der Waals surface area (Å²) in [6.07, 6.45) is 0. The van der Waals surface area contributed by atoms with Gasteiger partial charge in [0.05, 0.1) is 12.8 Å². The summed E-state index contributed by atoms with van der Waals surface area (Å²) in [7, 11) is 1.26. The van der Waals surface area contributed by atoms with Crippen molar-refractivity contribution in [2.75, 3.05) is 7.11 Å². The van der Waals surface area contributed by atoms with Crippen LogP contribution in [0.4, 0.5) is 11.5 Å². The molecule has 0 unspecified atom stereocenters. The third-order valence-corrected chi connectivity index (χ3v) is 2.50. The summed E-state index contributed by atoms with van der Waals surface area (Å²) in [5.74, 6) is -0.496. The van der Waals surface area contributed by atoms with Crippen molar-refractivity contribution in [1.82, 2.24) is 20.4 Å². The number of carbonyl (C=O) groups excluding carboxylic acids is 1. The van der Waals surface area contributed by atoms with Gasteiger partial charge in [0.15, 0.2) is 5.69 Å². The summed E-state index contributed by atoms with van der Waals surface area (Å²) in [6.45, 7) is 3.33.